The van der Waals surface area contributed by atoms with Crippen molar-refractivity contribution < 1.29 is 14.3 Å². The molecule has 1 amide bonds. The molecule has 0 aliphatic rings. The highest BCUT2D eigenvalue weighted by Gasteiger charge is 2.10. The van der Waals surface area contributed by atoms with Crippen LogP contribution in [0.1, 0.15) is 20.3 Å². The second-order valence-corrected chi connectivity index (χ2v) is 5.74. The summed E-state index contributed by atoms with van der Waals surface area (Å²) in [7, 11) is 0. The number of nitrogens with zero attached hydrogens (tertiary/aromatic N) is 3. The van der Waals surface area contributed by atoms with E-state index in [4.69, 9.17) is 4.74 Å². The molecule has 0 aliphatic carbocycles. The molecule has 0 atom stereocenters. The fourth-order valence-corrected chi connectivity index (χ4v) is 1.95. The zero-order valence-corrected chi connectivity index (χ0v) is 13.7. The molecule has 24 heavy (non-hydrogen) atoms. The quantitative estimate of drug-likeness (QED) is 0.741. The summed E-state index contributed by atoms with van der Waals surface area (Å²) in [5.74, 6) is -0.598. The third-order valence-corrected chi connectivity index (χ3v) is 3.23. The van der Waals surface area contributed by atoms with Gasteiger partial charge in [0, 0.05) is 6.54 Å². The number of ether oxygens (including phenoxy) is 1. The molecule has 0 saturated carbocycles. The number of amides is 1. The zero-order chi connectivity index (χ0) is 17.5. The van der Waals surface area contributed by atoms with Gasteiger partial charge in [-0.05, 0) is 18.1 Å². The Balaban J connectivity index is 1.85. The van der Waals surface area contributed by atoms with Gasteiger partial charge in [-0.1, -0.05) is 31.2 Å². The van der Waals surface area contributed by atoms with Crippen molar-refractivity contribution in [1.29, 1.82) is 0 Å². The van der Waals surface area contributed by atoms with Crippen LogP contribution in [-0.2, 0) is 20.9 Å². The molecule has 0 unspecified atom stereocenters. The summed E-state index contributed by atoms with van der Waals surface area (Å²) in [6, 6.07) is 6.85. The molecule has 0 radical (unpaired) electrons. The van der Waals surface area contributed by atoms with Gasteiger partial charge in [-0.2, -0.15) is 0 Å². The van der Waals surface area contributed by atoms with Crippen molar-refractivity contribution in [2.45, 2.75) is 26.8 Å². The molecule has 8 heteroatoms. The van der Waals surface area contributed by atoms with Gasteiger partial charge in [0.2, 0.25) is 0 Å². The van der Waals surface area contributed by atoms with Gasteiger partial charge in [0.25, 0.3) is 11.5 Å². The normalized spacial score (nSPS) is 10.8. The van der Waals surface area contributed by atoms with Gasteiger partial charge in [-0.15, -0.1) is 5.10 Å². The first-order chi connectivity index (χ1) is 11.5. The minimum absolute atomic E-state index is 0.0448. The Morgan fingerprint density at radius 2 is 2.04 bits per heavy atom. The molecular formula is C16H20N4O4. The maximum absolute atomic E-state index is 12.2. The van der Waals surface area contributed by atoms with Gasteiger partial charge in [0.1, 0.15) is 5.52 Å². The summed E-state index contributed by atoms with van der Waals surface area (Å²) in [4.78, 5) is 35.3. The molecule has 1 aromatic carbocycles. The molecule has 0 fully saturated rings. The number of rotatable bonds is 7. The van der Waals surface area contributed by atoms with Crippen molar-refractivity contribution >= 4 is 22.8 Å². The van der Waals surface area contributed by atoms with Crippen molar-refractivity contribution in [2.24, 2.45) is 5.92 Å². The highest BCUT2D eigenvalue weighted by atomic mass is 16.5. The largest absolute Gasteiger partial charge is 0.456 e. The van der Waals surface area contributed by atoms with Crippen molar-refractivity contribution in [1.82, 2.24) is 20.3 Å². The van der Waals surface area contributed by atoms with E-state index < -0.39 is 5.97 Å². The van der Waals surface area contributed by atoms with Crippen LogP contribution in [0.25, 0.3) is 10.9 Å². The summed E-state index contributed by atoms with van der Waals surface area (Å²) < 4.78 is 5.98. The Hall–Kier alpha value is -2.77. The first-order valence-corrected chi connectivity index (χ1v) is 7.72. The summed E-state index contributed by atoms with van der Waals surface area (Å²) in [5, 5.41) is 10.8. The number of aryl methyl sites for hydroxylation is 1. The first kappa shape index (κ1) is 17.6. The van der Waals surface area contributed by atoms with Crippen LogP contribution >= 0.6 is 0 Å². The number of hydrogen-bond acceptors (Lipinski definition) is 6. The lowest BCUT2D eigenvalue weighted by molar-refractivity contribution is -0.148. The minimum Gasteiger partial charge on any atom is -0.456 e. The molecule has 0 saturated heterocycles. The van der Waals surface area contributed by atoms with Crippen LogP contribution < -0.4 is 10.9 Å². The summed E-state index contributed by atoms with van der Waals surface area (Å²) in [6.45, 7) is 4.18. The van der Waals surface area contributed by atoms with E-state index in [-0.39, 0.29) is 31.0 Å². The first-order valence-electron chi connectivity index (χ1n) is 7.72. The number of nitrogens with one attached hydrogen (secondary N) is 1. The van der Waals surface area contributed by atoms with Gasteiger partial charge in [0.15, 0.2) is 6.61 Å². The van der Waals surface area contributed by atoms with Crippen LogP contribution in [0.4, 0.5) is 0 Å². The number of carbonyl (C=O) groups excluding carboxylic acids is 2. The molecule has 2 aromatic rings. The van der Waals surface area contributed by atoms with E-state index >= 15 is 0 Å². The summed E-state index contributed by atoms with van der Waals surface area (Å²) in [6.07, 6.45) is -0.0651. The zero-order valence-electron chi connectivity index (χ0n) is 13.7. The average Bonchev–Trinajstić information content (AvgIpc) is 2.57. The maximum atomic E-state index is 12.2. The predicted octanol–water partition coefficient (Wildman–Crippen LogP) is 0.497. The molecular weight excluding hydrogens is 312 g/mol. The molecule has 0 aliphatic heterocycles. The lowest BCUT2D eigenvalue weighted by atomic mass is 10.2. The second-order valence-electron chi connectivity index (χ2n) is 5.74. The topological polar surface area (TPSA) is 103 Å². The van der Waals surface area contributed by atoms with Crippen LogP contribution in [-0.4, -0.2) is 40.0 Å². The molecule has 1 aromatic heterocycles. The maximum Gasteiger partial charge on any atom is 0.308 e. The van der Waals surface area contributed by atoms with Crippen LogP contribution in [0, 0.1) is 5.92 Å². The minimum atomic E-state index is -0.573. The Bertz CT molecular complexity index is 785. The van der Waals surface area contributed by atoms with E-state index in [0.29, 0.717) is 23.4 Å². The van der Waals surface area contributed by atoms with E-state index in [0.717, 1.165) is 4.68 Å². The second kappa shape index (κ2) is 8.19. The highest BCUT2D eigenvalue weighted by Crippen LogP contribution is 2.03. The van der Waals surface area contributed by atoms with Gasteiger partial charge in [0.05, 0.1) is 18.4 Å². The predicted molar refractivity (Wildman–Crippen MR) is 87.2 cm³/mol. The van der Waals surface area contributed by atoms with Gasteiger partial charge < -0.3 is 10.1 Å². The van der Waals surface area contributed by atoms with E-state index in [9.17, 15) is 14.4 Å². The molecule has 0 spiro atoms. The van der Waals surface area contributed by atoms with Crippen molar-refractivity contribution in [3.8, 4) is 0 Å². The van der Waals surface area contributed by atoms with Crippen molar-refractivity contribution in [3.05, 3.63) is 34.6 Å². The number of fused-ring (bicyclic) bond motifs is 1. The van der Waals surface area contributed by atoms with Gasteiger partial charge >= 0.3 is 5.97 Å². The van der Waals surface area contributed by atoms with E-state index in [2.05, 4.69) is 15.6 Å². The number of benzene rings is 1. The molecule has 2 rings (SSSR count). The summed E-state index contributed by atoms with van der Waals surface area (Å²) in [5.41, 5.74) is 0.186. The Morgan fingerprint density at radius 1 is 1.29 bits per heavy atom. The molecule has 8 nitrogen and oxygen atoms in total. The fraction of sp³-hybridized carbons (Fsp3) is 0.438. The fourth-order valence-electron chi connectivity index (χ4n) is 1.95. The van der Waals surface area contributed by atoms with Crippen LogP contribution in [0.3, 0.4) is 0 Å². The standard InChI is InChI=1S/C16H20N4O4/c1-11(2)9-17-14(21)10-24-15(22)7-8-20-16(23)12-5-3-4-6-13(12)18-19-20/h3-6,11H,7-10H2,1-2H3,(H,17,21). The van der Waals surface area contributed by atoms with Gasteiger partial charge in [-0.3, -0.25) is 14.4 Å². The van der Waals surface area contributed by atoms with Crippen molar-refractivity contribution in [3.63, 3.8) is 0 Å². The average molecular weight is 332 g/mol. The monoisotopic (exact) mass is 332 g/mol. The third-order valence-electron chi connectivity index (χ3n) is 3.23. The Morgan fingerprint density at radius 3 is 2.79 bits per heavy atom. The number of esters is 1. The van der Waals surface area contributed by atoms with E-state index in [1.54, 1.807) is 24.3 Å². The molecule has 1 N–H and O–H groups in total. The van der Waals surface area contributed by atoms with E-state index in [1.165, 1.54) is 0 Å². The summed E-state index contributed by atoms with van der Waals surface area (Å²) >= 11 is 0. The lowest BCUT2D eigenvalue weighted by Crippen LogP contribution is -2.32. The number of carbonyl (C=O) groups is 2. The van der Waals surface area contributed by atoms with Crippen LogP contribution in [0.2, 0.25) is 0 Å². The van der Waals surface area contributed by atoms with Crippen molar-refractivity contribution in [2.75, 3.05) is 13.2 Å². The molecule has 128 valence electrons. The molecule has 0 bridgehead atoms. The van der Waals surface area contributed by atoms with E-state index in [1.807, 2.05) is 13.8 Å². The van der Waals surface area contributed by atoms with Crippen LogP contribution in [0.15, 0.2) is 29.1 Å². The third kappa shape index (κ3) is 4.87. The Labute approximate surface area is 138 Å². The van der Waals surface area contributed by atoms with Gasteiger partial charge in [-0.25, -0.2) is 4.68 Å². The smallest absolute Gasteiger partial charge is 0.308 e. The SMILES string of the molecule is CC(C)CNC(=O)COC(=O)CCn1nnc2ccccc2c1=O. The van der Waals surface area contributed by atoms with Crippen LogP contribution in [0.5, 0.6) is 0 Å². The number of aromatic nitrogens is 3. The molecule has 1 heterocycles. The lowest BCUT2D eigenvalue weighted by Gasteiger charge is -2.08. The Kier molecular flexibility index (Phi) is 6.00. The highest BCUT2D eigenvalue weighted by molar-refractivity contribution is 5.80. The number of hydrogen-bond donors (Lipinski definition) is 1.